The molecule has 3 aromatic heterocycles. The summed E-state index contributed by atoms with van der Waals surface area (Å²) in [5, 5.41) is 6.32. The summed E-state index contributed by atoms with van der Waals surface area (Å²) in [4.78, 5) is 33.6. The lowest BCUT2D eigenvalue weighted by Gasteiger charge is -2.23. The zero-order valence-electron chi connectivity index (χ0n) is 18.6. The molecule has 0 unspecified atom stereocenters. The molecule has 3 N–H and O–H groups in total. The topological polar surface area (TPSA) is 128 Å². The largest absolute Gasteiger partial charge is 0.449 e. The number of nitrogen functional groups attached to an aromatic ring is 1. The summed E-state index contributed by atoms with van der Waals surface area (Å²) in [6, 6.07) is 6.65. The van der Waals surface area contributed by atoms with Crippen LogP contribution >= 0.6 is 0 Å². The van der Waals surface area contributed by atoms with Crippen molar-refractivity contribution in [3.05, 3.63) is 59.5 Å². The fourth-order valence-corrected chi connectivity index (χ4v) is 3.53. The monoisotopic (exact) mass is 487 g/mol. The third kappa shape index (κ3) is 4.78. The van der Waals surface area contributed by atoms with Crippen molar-refractivity contribution in [1.29, 1.82) is 0 Å². The third-order valence-electron chi connectivity index (χ3n) is 5.17. The number of hydrogen-bond acceptors (Lipinski definition) is 7. The number of hydrazine groups is 1. The maximum absolute atomic E-state index is 13.4. The van der Waals surface area contributed by atoms with Crippen LogP contribution in [0.4, 0.5) is 23.8 Å². The Morgan fingerprint density at radius 3 is 2.60 bits per heavy atom. The fourth-order valence-electron chi connectivity index (χ4n) is 3.53. The molecule has 4 aromatic rings. The molecule has 1 aromatic carbocycles. The molecule has 182 valence electrons. The number of nitrogens with one attached hydrogen (secondary N) is 1. The third-order valence-corrected chi connectivity index (χ3v) is 5.17. The molecule has 13 heteroatoms. The van der Waals surface area contributed by atoms with Crippen LogP contribution in [0.15, 0.2) is 42.7 Å². The van der Waals surface area contributed by atoms with Crippen LogP contribution in [0, 0.1) is 0 Å². The van der Waals surface area contributed by atoms with E-state index in [1.165, 1.54) is 6.07 Å². The molecule has 0 aliphatic rings. The number of carbonyl (C=O) groups excluding carboxylic acids is 2. The summed E-state index contributed by atoms with van der Waals surface area (Å²) in [6.45, 7) is 1.33. The van der Waals surface area contributed by atoms with Crippen molar-refractivity contribution in [2.24, 2.45) is 7.05 Å². The van der Waals surface area contributed by atoms with Gasteiger partial charge in [-0.3, -0.25) is 14.5 Å². The first-order valence-corrected chi connectivity index (χ1v) is 10.4. The smallest absolute Gasteiger partial charge is 0.426 e. The van der Waals surface area contributed by atoms with Crippen LogP contribution < -0.4 is 11.2 Å². The molecular weight excluding hydrogens is 467 g/mol. The molecule has 0 radical (unpaired) electrons. The molecule has 0 saturated heterocycles. The lowest BCUT2D eigenvalue weighted by atomic mass is 10.1. The number of benzene rings is 1. The molecule has 2 amide bonds. The number of fused-ring (bicyclic) bond motifs is 3. The molecule has 10 nitrogen and oxygen atoms in total. The summed E-state index contributed by atoms with van der Waals surface area (Å²) >= 11 is 0. The highest BCUT2D eigenvalue weighted by Gasteiger charge is 2.31. The van der Waals surface area contributed by atoms with Crippen molar-refractivity contribution in [2.75, 3.05) is 12.3 Å². The van der Waals surface area contributed by atoms with E-state index in [0.717, 1.165) is 17.1 Å². The molecular formula is C22H20F3N7O3. The van der Waals surface area contributed by atoms with Gasteiger partial charge in [-0.15, -0.1) is 0 Å². The Kier molecular flexibility index (Phi) is 6.16. The Morgan fingerprint density at radius 2 is 1.94 bits per heavy atom. The van der Waals surface area contributed by atoms with Crippen molar-refractivity contribution in [3.8, 4) is 0 Å². The van der Waals surface area contributed by atoms with Crippen molar-refractivity contribution < 1.29 is 27.5 Å². The SMILES string of the molecule is CCOC(=O)NN(Cc1ccc(C(F)(F)F)cn1)C(=O)c1ccc2nc(N)c3cnn(C)c3c2c1. The number of rotatable bonds is 4. The molecule has 0 bridgehead atoms. The number of aromatic nitrogens is 4. The van der Waals surface area contributed by atoms with Crippen molar-refractivity contribution in [1.82, 2.24) is 30.2 Å². The lowest BCUT2D eigenvalue weighted by molar-refractivity contribution is -0.137. The first-order chi connectivity index (χ1) is 16.6. The number of aryl methyl sites for hydroxylation is 1. The highest BCUT2D eigenvalue weighted by molar-refractivity contribution is 6.10. The van der Waals surface area contributed by atoms with Gasteiger partial charge < -0.3 is 10.5 Å². The highest BCUT2D eigenvalue weighted by atomic mass is 19.4. The second-order valence-electron chi connectivity index (χ2n) is 7.52. The van der Waals surface area contributed by atoms with Gasteiger partial charge in [0.2, 0.25) is 0 Å². The van der Waals surface area contributed by atoms with Gasteiger partial charge in [0, 0.05) is 24.2 Å². The minimum atomic E-state index is -4.55. The normalized spacial score (nSPS) is 11.6. The van der Waals surface area contributed by atoms with E-state index in [9.17, 15) is 22.8 Å². The van der Waals surface area contributed by atoms with Crippen molar-refractivity contribution >= 4 is 39.6 Å². The predicted molar refractivity (Wildman–Crippen MR) is 120 cm³/mol. The highest BCUT2D eigenvalue weighted by Crippen LogP contribution is 2.29. The van der Waals surface area contributed by atoms with Crippen molar-refractivity contribution in [3.63, 3.8) is 0 Å². The zero-order valence-corrected chi connectivity index (χ0v) is 18.6. The lowest BCUT2D eigenvalue weighted by Crippen LogP contribution is -2.46. The van der Waals surface area contributed by atoms with E-state index >= 15 is 0 Å². The van der Waals surface area contributed by atoms with Crippen LogP contribution in [-0.2, 0) is 24.5 Å². The average Bonchev–Trinajstić information content (AvgIpc) is 3.20. The zero-order chi connectivity index (χ0) is 25.3. The minimum absolute atomic E-state index is 0.0495. The molecule has 0 saturated carbocycles. The Hall–Kier alpha value is -4.42. The molecule has 4 rings (SSSR count). The van der Waals surface area contributed by atoms with Crippen LogP contribution in [0.1, 0.15) is 28.5 Å². The summed E-state index contributed by atoms with van der Waals surface area (Å²) in [7, 11) is 1.72. The number of alkyl halides is 3. The van der Waals surface area contributed by atoms with Gasteiger partial charge in [-0.1, -0.05) is 0 Å². The summed E-state index contributed by atoms with van der Waals surface area (Å²) < 4.78 is 45.0. The molecule has 0 fully saturated rings. The van der Waals surface area contributed by atoms with Gasteiger partial charge in [0.1, 0.15) is 5.82 Å². The number of halogens is 3. The van der Waals surface area contributed by atoms with Gasteiger partial charge in [-0.05, 0) is 37.3 Å². The number of nitrogens with zero attached hydrogens (tertiary/aromatic N) is 5. The van der Waals surface area contributed by atoms with Crippen LogP contribution in [0.5, 0.6) is 0 Å². The van der Waals surface area contributed by atoms with Gasteiger partial charge >= 0.3 is 12.3 Å². The van der Waals surface area contributed by atoms with Gasteiger partial charge in [0.25, 0.3) is 5.91 Å². The van der Waals surface area contributed by atoms with Gasteiger partial charge in [0.15, 0.2) is 0 Å². The van der Waals surface area contributed by atoms with Crippen LogP contribution in [0.2, 0.25) is 0 Å². The van der Waals surface area contributed by atoms with Gasteiger partial charge in [-0.2, -0.15) is 18.3 Å². The summed E-state index contributed by atoms with van der Waals surface area (Å²) in [5.74, 6) is -0.354. The van der Waals surface area contributed by atoms with Crippen LogP contribution in [0.25, 0.3) is 21.8 Å². The molecule has 35 heavy (non-hydrogen) atoms. The standard InChI is InChI=1S/C22H20F3N7O3/c1-3-35-21(34)30-32(11-14-6-5-13(9-27-14)22(23,24)25)20(33)12-4-7-17-15(8-12)18-16(19(26)29-17)10-28-31(18)2/h4-10H,3,11H2,1-2H3,(H2,26,29)(H,30,34). The fraction of sp³-hybridized carbons (Fsp3) is 0.227. The molecule has 3 heterocycles. The van der Waals surface area contributed by atoms with E-state index in [4.69, 9.17) is 10.5 Å². The number of amides is 2. The Labute approximate surface area is 196 Å². The van der Waals surface area contributed by atoms with E-state index in [1.807, 2.05) is 0 Å². The van der Waals surface area contributed by atoms with Crippen LogP contribution in [-0.4, -0.2) is 43.4 Å². The number of ether oxygens (including phenoxy) is 1. The van der Waals surface area contributed by atoms with Gasteiger partial charge in [0.05, 0.1) is 47.0 Å². The van der Waals surface area contributed by atoms with Gasteiger partial charge in [-0.25, -0.2) is 20.2 Å². The van der Waals surface area contributed by atoms with Crippen LogP contribution in [0.3, 0.4) is 0 Å². The number of nitrogens with two attached hydrogens (primary N) is 1. The number of carbonyl (C=O) groups is 2. The number of hydrogen-bond donors (Lipinski definition) is 2. The van der Waals surface area contributed by atoms with E-state index in [0.29, 0.717) is 33.8 Å². The summed E-state index contributed by atoms with van der Waals surface area (Å²) in [5.41, 5.74) is 8.89. The second-order valence-corrected chi connectivity index (χ2v) is 7.52. The van der Waals surface area contributed by atoms with E-state index < -0.39 is 23.7 Å². The predicted octanol–water partition coefficient (Wildman–Crippen LogP) is 3.42. The molecule has 0 aliphatic heterocycles. The Morgan fingerprint density at radius 1 is 1.17 bits per heavy atom. The Balaban J connectivity index is 1.70. The van der Waals surface area contributed by atoms with E-state index in [2.05, 4.69) is 20.5 Å². The summed E-state index contributed by atoms with van der Waals surface area (Å²) in [6.07, 6.45) is -3.23. The second kappa shape index (κ2) is 9.08. The Bertz CT molecular complexity index is 1420. The molecule has 0 spiro atoms. The molecule has 0 atom stereocenters. The molecule has 0 aliphatic carbocycles. The maximum Gasteiger partial charge on any atom is 0.426 e. The van der Waals surface area contributed by atoms with E-state index in [-0.39, 0.29) is 24.4 Å². The quantitative estimate of drug-likeness (QED) is 0.422. The maximum atomic E-state index is 13.4. The van der Waals surface area contributed by atoms with E-state index in [1.54, 1.807) is 37.0 Å². The number of anilines is 1. The average molecular weight is 487 g/mol. The first kappa shape index (κ1) is 23.7. The number of pyridine rings is 2. The van der Waals surface area contributed by atoms with Crippen molar-refractivity contribution in [2.45, 2.75) is 19.6 Å². The first-order valence-electron chi connectivity index (χ1n) is 10.4. The minimum Gasteiger partial charge on any atom is -0.449 e.